The fourth-order valence-electron chi connectivity index (χ4n) is 1.74. The number of anilines is 1. The van der Waals surface area contributed by atoms with Gasteiger partial charge in [0, 0.05) is 18.1 Å². The molecule has 82 valence electrons. The number of rotatable bonds is 2. The molecule has 0 aromatic carbocycles. The van der Waals surface area contributed by atoms with Gasteiger partial charge in [0.25, 0.3) is 0 Å². The highest BCUT2D eigenvalue weighted by Crippen LogP contribution is 2.27. The zero-order chi connectivity index (χ0) is 10.7. The fraction of sp³-hybridized carbons (Fsp3) is 0.667. The summed E-state index contributed by atoms with van der Waals surface area (Å²) in [6, 6.07) is 0. The Morgan fingerprint density at radius 3 is 3.20 bits per heavy atom. The van der Waals surface area contributed by atoms with Crippen LogP contribution in [0.25, 0.3) is 0 Å². The Balaban J connectivity index is 2.00. The molecule has 0 radical (unpaired) electrons. The minimum Gasteiger partial charge on any atom is -0.316 e. The molecule has 2 rings (SSSR count). The lowest BCUT2D eigenvalue weighted by Gasteiger charge is -2.32. The van der Waals surface area contributed by atoms with E-state index in [-0.39, 0.29) is 11.3 Å². The number of nitrogens with one attached hydrogen (secondary N) is 2. The molecule has 1 aliphatic rings. The second-order valence-electron chi connectivity index (χ2n) is 4.08. The van der Waals surface area contributed by atoms with E-state index in [1.54, 1.807) is 6.20 Å². The second kappa shape index (κ2) is 4.24. The Morgan fingerprint density at radius 2 is 2.60 bits per heavy atom. The van der Waals surface area contributed by atoms with Crippen molar-refractivity contribution in [1.82, 2.24) is 14.9 Å². The molecule has 1 aromatic rings. The standard InChI is InChI=1S/C9H14N4OS/c1-9(3-2-4-10-6-9)8(14)12-7-5-11-13-15-7/h5,10H,2-4,6H2,1H3,(H,12,14). The van der Waals surface area contributed by atoms with E-state index in [0.29, 0.717) is 5.00 Å². The van der Waals surface area contributed by atoms with Crippen LogP contribution in [0.5, 0.6) is 0 Å². The second-order valence-corrected chi connectivity index (χ2v) is 4.86. The molecule has 1 aliphatic heterocycles. The van der Waals surface area contributed by atoms with Crippen LogP contribution in [-0.4, -0.2) is 28.6 Å². The van der Waals surface area contributed by atoms with Crippen molar-refractivity contribution in [3.8, 4) is 0 Å². The largest absolute Gasteiger partial charge is 0.316 e. The van der Waals surface area contributed by atoms with E-state index in [0.717, 1.165) is 25.9 Å². The number of hydrogen-bond acceptors (Lipinski definition) is 5. The molecule has 2 N–H and O–H groups in total. The molecule has 1 fully saturated rings. The Kier molecular flexibility index (Phi) is 2.97. The lowest BCUT2D eigenvalue weighted by molar-refractivity contribution is -0.125. The van der Waals surface area contributed by atoms with Gasteiger partial charge in [0.15, 0.2) is 0 Å². The number of piperidine rings is 1. The zero-order valence-electron chi connectivity index (χ0n) is 8.62. The van der Waals surface area contributed by atoms with Gasteiger partial charge in [0.05, 0.1) is 11.6 Å². The summed E-state index contributed by atoms with van der Waals surface area (Å²) in [4.78, 5) is 12.0. The highest BCUT2D eigenvalue weighted by molar-refractivity contribution is 7.10. The number of carbonyl (C=O) groups excluding carboxylic acids is 1. The van der Waals surface area contributed by atoms with Crippen LogP contribution in [0.4, 0.5) is 5.00 Å². The Bertz CT molecular complexity index is 332. The fourth-order valence-corrected chi connectivity index (χ4v) is 2.15. The molecule has 5 nitrogen and oxygen atoms in total. The minimum atomic E-state index is -0.303. The van der Waals surface area contributed by atoms with Crippen LogP contribution in [0.3, 0.4) is 0 Å². The Morgan fingerprint density at radius 1 is 1.73 bits per heavy atom. The summed E-state index contributed by atoms with van der Waals surface area (Å²) in [5.74, 6) is 0.0563. The summed E-state index contributed by atoms with van der Waals surface area (Å²) < 4.78 is 3.70. The van der Waals surface area contributed by atoms with Gasteiger partial charge in [0.2, 0.25) is 5.91 Å². The lowest BCUT2D eigenvalue weighted by Crippen LogP contribution is -2.45. The quantitative estimate of drug-likeness (QED) is 0.785. The van der Waals surface area contributed by atoms with Crippen molar-refractivity contribution >= 4 is 22.4 Å². The van der Waals surface area contributed by atoms with E-state index in [2.05, 4.69) is 20.2 Å². The molecule has 0 saturated carbocycles. The highest BCUT2D eigenvalue weighted by Gasteiger charge is 2.34. The summed E-state index contributed by atoms with van der Waals surface area (Å²) >= 11 is 1.20. The van der Waals surface area contributed by atoms with Crippen LogP contribution >= 0.6 is 11.5 Å². The van der Waals surface area contributed by atoms with Gasteiger partial charge < -0.3 is 10.6 Å². The number of aromatic nitrogens is 2. The first-order valence-electron chi connectivity index (χ1n) is 5.00. The molecule has 15 heavy (non-hydrogen) atoms. The van der Waals surface area contributed by atoms with Crippen molar-refractivity contribution in [3.63, 3.8) is 0 Å². The van der Waals surface area contributed by atoms with Gasteiger partial charge in [-0.15, -0.1) is 5.10 Å². The van der Waals surface area contributed by atoms with E-state index in [1.807, 2.05) is 6.92 Å². The molecule has 1 saturated heterocycles. The van der Waals surface area contributed by atoms with Crippen molar-refractivity contribution in [2.24, 2.45) is 5.41 Å². The maximum absolute atomic E-state index is 12.0. The number of nitrogens with zero attached hydrogens (tertiary/aromatic N) is 2. The SMILES string of the molecule is CC1(C(=O)Nc2cnns2)CCCNC1. The van der Waals surface area contributed by atoms with Gasteiger partial charge >= 0.3 is 0 Å². The minimum absolute atomic E-state index is 0.0563. The molecule has 1 atom stereocenters. The van der Waals surface area contributed by atoms with E-state index >= 15 is 0 Å². The topological polar surface area (TPSA) is 66.9 Å². The monoisotopic (exact) mass is 226 g/mol. The van der Waals surface area contributed by atoms with Gasteiger partial charge in [-0.1, -0.05) is 4.49 Å². The van der Waals surface area contributed by atoms with Gasteiger partial charge in [-0.3, -0.25) is 4.79 Å². The molecular weight excluding hydrogens is 212 g/mol. The number of amides is 1. The first kappa shape index (κ1) is 10.5. The maximum Gasteiger partial charge on any atom is 0.232 e. The lowest BCUT2D eigenvalue weighted by atomic mass is 9.82. The molecule has 0 spiro atoms. The molecule has 1 aromatic heterocycles. The predicted molar refractivity (Wildman–Crippen MR) is 58.7 cm³/mol. The molecule has 6 heteroatoms. The summed E-state index contributed by atoms with van der Waals surface area (Å²) in [6.45, 7) is 3.74. The molecular formula is C9H14N4OS. The number of carbonyl (C=O) groups is 1. The smallest absolute Gasteiger partial charge is 0.232 e. The summed E-state index contributed by atoms with van der Waals surface area (Å²) in [7, 11) is 0. The first-order chi connectivity index (χ1) is 7.21. The van der Waals surface area contributed by atoms with Gasteiger partial charge in [-0.05, 0) is 26.3 Å². The van der Waals surface area contributed by atoms with Gasteiger partial charge in [0.1, 0.15) is 5.00 Å². The van der Waals surface area contributed by atoms with Crippen molar-refractivity contribution in [2.75, 3.05) is 18.4 Å². The zero-order valence-corrected chi connectivity index (χ0v) is 9.43. The molecule has 1 amide bonds. The normalized spacial score (nSPS) is 26.2. The van der Waals surface area contributed by atoms with E-state index in [1.165, 1.54) is 11.5 Å². The highest BCUT2D eigenvalue weighted by atomic mass is 32.1. The summed E-state index contributed by atoms with van der Waals surface area (Å²) in [6.07, 6.45) is 3.55. The third kappa shape index (κ3) is 2.32. The number of hydrogen-bond donors (Lipinski definition) is 2. The van der Waals surface area contributed by atoms with Crippen molar-refractivity contribution in [3.05, 3.63) is 6.20 Å². The van der Waals surface area contributed by atoms with Crippen LogP contribution in [0.1, 0.15) is 19.8 Å². The predicted octanol–water partition coefficient (Wildman–Crippen LogP) is 0.866. The van der Waals surface area contributed by atoms with Crippen LogP contribution in [-0.2, 0) is 4.79 Å². The van der Waals surface area contributed by atoms with E-state index in [9.17, 15) is 4.79 Å². The van der Waals surface area contributed by atoms with Crippen LogP contribution in [0.15, 0.2) is 6.20 Å². The van der Waals surface area contributed by atoms with Crippen molar-refractivity contribution in [1.29, 1.82) is 0 Å². The maximum atomic E-state index is 12.0. The summed E-state index contributed by atoms with van der Waals surface area (Å²) in [5.41, 5.74) is -0.303. The molecule has 0 aliphatic carbocycles. The van der Waals surface area contributed by atoms with Crippen LogP contribution in [0.2, 0.25) is 0 Å². The van der Waals surface area contributed by atoms with Crippen LogP contribution < -0.4 is 10.6 Å². The molecule has 0 bridgehead atoms. The first-order valence-corrected chi connectivity index (χ1v) is 5.78. The average molecular weight is 226 g/mol. The third-order valence-electron chi connectivity index (χ3n) is 2.74. The Labute approximate surface area is 92.4 Å². The van der Waals surface area contributed by atoms with Crippen LogP contribution in [0, 0.1) is 5.41 Å². The third-order valence-corrected chi connectivity index (χ3v) is 3.32. The molecule has 2 heterocycles. The van der Waals surface area contributed by atoms with Gasteiger partial charge in [-0.2, -0.15) is 0 Å². The van der Waals surface area contributed by atoms with E-state index < -0.39 is 0 Å². The van der Waals surface area contributed by atoms with E-state index in [4.69, 9.17) is 0 Å². The van der Waals surface area contributed by atoms with Crippen molar-refractivity contribution in [2.45, 2.75) is 19.8 Å². The van der Waals surface area contributed by atoms with Gasteiger partial charge in [-0.25, -0.2) is 0 Å². The average Bonchev–Trinajstić information content (AvgIpc) is 2.71. The summed E-state index contributed by atoms with van der Waals surface area (Å²) in [5, 5.41) is 10.5. The van der Waals surface area contributed by atoms with Crippen molar-refractivity contribution < 1.29 is 4.79 Å². The molecule has 1 unspecified atom stereocenters. The Hall–Kier alpha value is -1.01.